The van der Waals surface area contributed by atoms with Gasteiger partial charge in [0.05, 0.1) is 0 Å². The van der Waals surface area contributed by atoms with Crippen LogP contribution in [-0.2, 0) is 0 Å². The fourth-order valence-corrected chi connectivity index (χ4v) is 2.62. The van der Waals surface area contributed by atoms with Crippen molar-refractivity contribution < 1.29 is 0 Å². The van der Waals surface area contributed by atoms with E-state index in [9.17, 15) is 0 Å². The highest BCUT2D eigenvalue weighted by molar-refractivity contribution is 6.31. The summed E-state index contributed by atoms with van der Waals surface area (Å²) in [6.07, 6.45) is 9.99. The molecule has 0 atom stereocenters. The largest absolute Gasteiger partial charge is 0.368 e. The van der Waals surface area contributed by atoms with Crippen LogP contribution in [0.3, 0.4) is 0 Å². The summed E-state index contributed by atoms with van der Waals surface area (Å²) in [4.78, 5) is 8.16. The van der Waals surface area contributed by atoms with Gasteiger partial charge in [0.25, 0.3) is 0 Å². The van der Waals surface area contributed by atoms with Gasteiger partial charge in [-0.3, -0.25) is 0 Å². The third kappa shape index (κ3) is 3.84. The molecule has 3 nitrogen and oxygen atoms in total. The molecule has 17 heavy (non-hydrogen) atoms. The Labute approximate surface area is 108 Å². The molecule has 0 unspecified atom stereocenters. The predicted octanol–water partition coefficient (Wildman–Crippen LogP) is 3.76. The Morgan fingerprint density at radius 1 is 1.24 bits per heavy atom. The molecule has 0 radical (unpaired) electrons. The first kappa shape index (κ1) is 12.6. The van der Waals surface area contributed by atoms with Crippen LogP contribution in [0.1, 0.15) is 39.0 Å². The van der Waals surface area contributed by atoms with Gasteiger partial charge in [0.1, 0.15) is 0 Å². The highest BCUT2D eigenvalue weighted by Crippen LogP contribution is 2.30. The average molecular weight is 254 g/mol. The molecule has 0 spiro atoms. The minimum atomic E-state index is 0.463. The standard InChI is InChI=1S/C13H20ClN3/c1-10-2-4-11(5-3-10)6-7-16-13-12(14)15-8-9-17-13/h8-11H,2-7H2,1H3,(H,16,17). The van der Waals surface area contributed by atoms with Crippen molar-refractivity contribution >= 4 is 17.4 Å². The van der Waals surface area contributed by atoms with Crippen LogP contribution in [-0.4, -0.2) is 16.5 Å². The number of halogens is 1. The number of hydrogen-bond acceptors (Lipinski definition) is 3. The summed E-state index contributed by atoms with van der Waals surface area (Å²) in [6.45, 7) is 3.30. The zero-order chi connectivity index (χ0) is 12.1. The molecule has 1 aromatic heterocycles. The van der Waals surface area contributed by atoms with Gasteiger partial charge in [0.2, 0.25) is 0 Å². The molecule has 0 saturated heterocycles. The van der Waals surface area contributed by atoms with Crippen LogP contribution < -0.4 is 5.32 Å². The molecule has 1 aliphatic carbocycles. The van der Waals surface area contributed by atoms with Gasteiger partial charge >= 0.3 is 0 Å². The summed E-state index contributed by atoms with van der Waals surface area (Å²) in [7, 11) is 0. The van der Waals surface area contributed by atoms with Crippen molar-refractivity contribution in [2.45, 2.75) is 39.0 Å². The summed E-state index contributed by atoms with van der Waals surface area (Å²) in [5.41, 5.74) is 0. The highest BCUT2D eigenvalue weighted by atomic mass is 35.5. The molecule has 2 rings (SSSR count). The molecule has 1 saturated carbocycles. The Kier molecular flexibility index (Phi) is 4.60. The smallest absolute Gasteiger partial charge is 0.171 e. The van der Waals surface area contributed by atoms with E-state index in [0.717, 1.165) is 18.4 Å². The fourth-order valence-electron chi connectivity index (χ4n) is 2.45. The minimum absolute atomic E-state index is 0.463. The van der Waals surface area contributed by atoms with Gasteiger partial charge < -0.3 is 5.32 Å². The van der Waals surface area contributed by atoms with Crippen LogP contribution in [0.25, 0.3) is 0 Å². The summed E-state index contributed by atoms with van der Waals surface area (Å²) in [6, 6.07) is 0. The fraction of sp³-hybridized carbons (Fsp3) is 0.692. The van der Waals surface area contributed by atoms with Crippen molar-refractivity contribution in [3.63, 3.8) is 0 Å². The maximum Gasteiger partial charge on any atom is 0.171 e. The van der Waals surface area contributed by atoms with E-state index in [-0.39, 0.29) is 0 Å². The SMILES string of the molecule is CC1CCC(CCNc2nccnc2Cl)CC1. The summed E-state index contributed by atoms with van der Waals surface area (Å²) in [5.74, 6) is 2.50. The van der Waals surface area contributed by atoms with Crippen LogP contribution in [0.15, 0.2) is 12.4 Å². The Hall–Kier alpha value is -0.830. The van der Waals surface area contributed by atoms with E-state index in [2.05, 4.69) is 22.2 Å². The topological polar surface area (TPSA) is 37.8 Å². The molecule has 1 aliphatic rings. The normalized spacial score (nSPS) is 24.6. The molecule has 0 aliphatic heterocycles. The third-order valence-electron chi connectivity index (χ3n) is 3.63. The molecule has 0 amide bonds. The third-order valence-corrected chi connectivity index (χ3v) is 3.91. The lowest BCUT2D eigenvalue weighted by atomic mass is 9.81. The van der Waals surface area contributed by atoms with Gasteiger partial charge in [-0.25, -0.2) is 9.97 Å². The molecule has 1 N–H and O–H groups in total. The Morgan fingerprint density at radius 3 is 2.65 bits per heavy atom. The van der Waals surface area contributed by atoms with Crippen molar-refractivity contribution in [1.82, 2.24) is 9.97 Å². The van der Waals surface area contributed by atoms with Gasteiger partial charge in [-0.05, 0) is 18.3 Å². The first-order valence-electron chi connectivity index (χ1n) is 6.46. The minimum Gasteiger partial charge on any atom is -0.368 e. The van der Waals surface area contributed by atoms with Crippen molar-refractivity contribution in [3.8, 4) is 0 Å². The molecule has 1 fully saturated rings. The second-order valence-corrected chi connectivity index (χ2v) is 5.40. The second kappa shape index (κ2) is 6.20. The number of rotatable bonds is 4. The highest BCUT2D eigenvalue weighted by Gasteiger charge is 2.17. The maximum atomic E-state index is 5.93. The van der Waals surface area contributed by atoms with E-state index in [4.69, 9.17) is 11.6 Å². The lowest BCUT2D eigenvalue weighted by molar-refractivity contribution is 0.282. The van der Waals surface area contributed by atoms with E-state index < -0.39 is 0 Å². The molecule has 1 heterocycles. The second-order valence-electron chi connectivity index (χ2n) is 5.04. The maximum absolute atomic E-state index is 5.93. The zero-order valence-corrected chi connectivity index (χ0v) is 11.1. The van der Waals surface area contributed by atoms with Gasteiger partial charge in [-0.15, -0.1) is 0 Å². The molecule has 0 bridgehead atoms. The van der Waals surface area contributed by atoms with E-state index in [1.165, 1.54) is 32.1 Å². The lowest BCUT2D eigenvalue weighted by Crippen LogP contribution is -2.16. The predicted molar refractivity (Wildman–Crippen MR) is 71.3 cm³/mol. The van der Waals surface area contributed by atoms with Crippen molar-refractivity contribution in [2.24, 2.45) is 11.8 Å². The van der Waals surface area contributed by atoms with Crippen LogP contribution >= 0.6 is 11.6 Å². The van der Waals surface area contributed by atoms with Gasteiger partial charge in [0, 0.05) is 18.9 Å². The monoisotopic (exact) mass is 253 g/mol. The number of nitrogens with zero attached hydrogens (tertiary/aromatic N) is 2. The first-order chi connectivity index (χ1) is 8.25. The first-order valence-corrected chi connectivity index (χ1v) is 6.84. The summed E-state index contributed by atoms with van der Waals surface area (Å²) in [5, 5.41) is 3.73. The molecule has 1 aromatic rings. The number of anilines is 1. The zero-order valence-electron chi connectivity index (χ0n) is 10.3. The molecule has 0 aromatic carbocycles. The van der Waals surface area contributed by atoms with Gasteiger partial charge in [-0.2, -0.15) is 0 Å². The van der Waals surface area contributed by atoms with E-state index in [1.807, 2.05) is 0 Å². The summed E-state index contributed by atoms with van der Waals surface area (Å²) >= 11 is 5.93. The molecule has 4 heteroatoms. The average Bonchev–Trinajstić information content (AvgIpc) is 2.34. The Bertz CT molecular complexity index is 348. The quantitative estimate of drug-likeness (QED) is 0.888. The lowest BCUT2D eigenvalue weighted by Gasteiger charge is -2.26. The van der Waals surface area contributed by atoms with Crippen LogP contribution in [0.2, 0.25) is 5.15 Å². The van der Waals surface area contributed by atoms with Crippen molar-refractivity contribution in [2.75, 3.05) is 11.9 Å². The van der Waals surface area contributed by atoms with E-state index in [1.54, 1.807) is 12.4 Å². The van der Waals surface area contributed by atoms with Crippen molar-refractivity contribution in [1.29, 1.82) is 0 Å². The van der Waals surface area contributed by atoms with E-state index >= 15 is 0 Å². The van der Waals surface area contributed by atoms with Crippen LogP contribution in [0.4, 0.5) is 5.82 Å². The van der Waals surface area contributed by atoms with Crippen LogP contribution in [0, 0.1) is 11.8 Å². The Balaban J connectivity index is 1.71. The molecular formula is C13H20ClN3. The molecular weight excluding hydrogens is 234 g/mol. The number of hydrogen-bond donors (Lipinski definition) is 1. The molecule has 94 valence electrons. The number of nitrogens with one attached hydrogen (secondary N) is 1. The number of aromatic nitrogens is 2. The van der Waals surface area contributed by atoms with Crippen molar-refractivity contribution in [3.05, 3.63) is 17.5 Å². The van der Waals surface area contributed by atoms with Gasteiger partial charge in [0.15, 0.2) is 11.0 Å². The van der Waals surface area contributed by atoms with Crippen LogP contribution in [0.5, 0.6) is 0 Å². The van der Waals surface area contributed by atoms with Gasteiger partial charge in [-0.1, -0.05) is 44.2 Å². The Morgan fingerprint density at radius 2 is 1.94 bits per heavy atom. The van der Waals surface area contributed by atoms with E-state index in [0.29, 0.717) is 11.0 Å². The summed E-state index contributed by atoms with van der Waals surface area (Å²) < 4.78 is 0.